The molecule has 0 aliphatic rings. The van der Waals surface area contributed by atoms with E-state index in [1.54, 1.807) is 30.1 Å². The molecule has 0 spiro atoms. The van der Waals surface area contributed by atoms with Crippen molar-refractivity contribution in [3.8, 4) is 0 Å². The molecule has 0 saturated carbocycles. The van der Waals surface area contributed by atoms with E-state index in [0.29, 0.717) is 5.69 Å². The number of nitrogens with zero attached hydrogens (tertiary/aromatic N) is 2. The number of nitrogens with one attached hydrogen (secondary N) is 1. The van der Waals surface area contributed by atoms with E-state index in [9.17, 15) is 4.79 Å². The molecule has 0 unspecified atom stereocenters. The van der Waals surface area contributed by atoms with Crippen LogP contribution in [0.15, 0.2) is 24.5 Å². The summed E-state index contributed by atoms with van der Waals surface area (Å²) in [5, 5.41) is 2.57. The number of likely N-dealkylation sites (N-methyl/N-ethyl adjacent to an activating group) is 1. The predicted octanol–water partition coefficient (Wildman–Crippen LogP) is 0.364. The van der Waals surface area contributed by atoms with Crippen LogP contribution in [0.2, 0.25) is 0 Å². The first kappa shape index (κ1) is 9.51. The van der Waals surface area contributed by atoms with Gasteiger partial charge >= 0.3 is 0 Å². The third kappa shape index (κ3) is 1.76. The maximum atomic E-state index is 11.2. The van der Waals surface area contributed by atoms with Crippen molar-refractivity contribution in [2.45, 2.75) is 6.54 Å². The van der Waals surface area contributed by atoms with Crippen molar-refractivity contribution in [3.63, 3.8) is 0 Å². The van der Waals surface area contributed by atoms with Crippen LogP contribution >= 0.6 is 0 Å². The molecule has 2 rings (SSSR count). The smallest absolute Gasteiger partial charge is 0.239 e. The van der Waals surface area contributed by atoms with E-state index in [-0.39, 0.29) is 12.5 Å². The van der Waals surface area contributed by atoms with Gasteiger partial charge in [-0.3, -0.25) is 4.79 Å². The van der Waals surface area contributed by atoms with Gasteiger partial charge in [0.05, 0.1) is 17.4 Å². The van der Waals surface area contributed by atoms with Crippen LogP contribution in [0.4, 0.5) is 5.69 Å². The van der Waals surface area contributed by atoms with Gasteiger partial charge in [0.1, 0.15) is 6.54 Å². The first-order chi connectivity index (χ1) is 7.20. The molecule has 0 bridgehead atoms. The van der Waals surface area contributed by atoms with Gasteiger partial charge in [0.15, 0.2) is 0 Å². The SMILES string of the molecule is CNC(=O)Cn1cnc2cc(N)ccc21. The Morgan fingerprint density at radius 3 is 3.13 bits per heavy atom. The summed E-state index contributed by atoms with van der Waals surface area (Å²) in [4.78, 5) is 15.4. The summed E-state index contributed by atoms with van der Waals surface area (Å²) in [5.74, 6) is -0.0499. The Kier molecular flexibility index (Phi) is 2.29. The number of benzene rings is 1. The fourth-order valence-corrected chi connectivity index (χ4v) is 1.44. The second kappa shape index (κ2) is 3.61. The van der Waals surface area contributed by atoms with E-state index in [1.165, 1.54) is 0 Å². The number of amides is 1. The van der Waals surface area contributed by atoms with Crippen molar-refractivity contribution in [3.05, 3.63) is 24.5 Å². The van der Waals surface area contributed by atoms with Crippen LogP contribution in [0.25, 0.3) is 11.0 Å². The monoisotopic (exact) mass is 204 g/mol. The second-order valence-corrected chi connectivity index (χ2v) is 3.29. The highest BCUT2D eigenvalue weighted by atomic mass is 16.1. The summed E-state index contributed by atoms with van der Waals surface area (Å²) < 4.78 is 1.79. The molecule has 1 aromatic carbocycles. The first-order valence-corrected chi connectivity index (χ1v) is 4.61. The summed E-state index contributed by atoms with van der Waals surface area (Å²) >= 11 is 0. The summed E-state index contributed by atoms with van der Waals surface area (Å²) in [5.41, 5.74) is 8.02. The lowest BCUT2D eigenvalue weighted by molar-refractivity contribution is -0.121. The average Bonchev–Trinajstić information content (AvgIpc) is 2.60. The molecule has 5 nitrogen and oxygen atoms in total. The number of anilines is 1. The quantitative estimate of drug-likeness (QED) is 0.694. The normalized spacial score (nSPS) is 10.5. The molecule has 0 fully saturated rings. The largest absolute Gasteiger partial charge is 0.399 e. The molecule has 0 saturated heterocycles. The summed E-state index contributed by atoms with van der Waals surface area (Å²) in [6.45, 7) is 0.275. The van der Waals surface area contributed by atoms with Crippen molar-refractivity contribution in [2.75, 3.05) is 12.8 Å². The molecule has 3 N–H and O–H groups in total. The van der Waals surface area contributed by atoms with E-state index in [2.05, 4.69) is 10.3 Å². The van der Waals surface area contributed by atoms with Gasteiger partial charge in [0.25, 0.3) is 0 Å². The lowest BCUT2D eigenvalue weighted by Gasteiger charge is -2.02. The standard InChI is InChI=1S/C10H12N4O/c1-12-10(15)5-14-6-13-8-4-7(11)2-3-9(8)14/h2-4,6H,5,11H2,1H3,(H,12,15). The van der Waals surface area contributed by atoms with Gasteiger partial charge in [-0.05, 0) is 18.2 Å². The number of fused-ring (bicyclic) bond motifs is 1. The lowest BCUT2D eigenvalue weighted by Crippen LogP contribution is -2.22. The van der Waals surface area contributed by atoms with Gasteiger partial charge in [-0.2, -0.15) is 0 Å². The van der Waals surface area contributed by atoms with E-state index >= 15 is 0 Å². The molecule has 78 valence electrons. The fourth-order valence-electron chi connectivity index (χ4n) is 1.44. The maximum Gasteiger partial charge on any atom is 0.239 e. The zero-order valence-corrected chi connectivity index (χ0v) is 8.40. The Morgan fingerprint density at radius 1 is 1.60 bits per heavy atom. The van der Waals surface area contributed by atoms with Crippen LogP contribution < -0.4 is 11.1 Å². The number of nitrogen functional groups attached to an aromatic ring is 1. The minimum atomic E-state index is -0.0499. The molecule has 1 amide bonds. The highest BCUT2D eigenvalue weighted by Crippen LogP contribution is 2.15. The Bertz CT molecular complexity index is 503. The van der Waals surface area contributed by atoms with Crippen LogP contribution in [-0.2, 0) is 11.3 Å². The van der Waals surface area contributed by atoms with E-state index in [0.717, 1.165) is 11.0 Å². The highest BCUT2D eigenvalue weighted by Gasteiger charge is 2.05. The first-order valence-electron chi connectivity index (χ1n) is 4.61. The summed E-state index contributed by atoms with van der Waals surface area (Å²) in [7, 11) is 1.61. The number of imidazole rings is 1. The molecule has 0 aliphatic heterocycles. The van der Waals surface area contributed by atoms with Crippen LogP contribution in [0.3, 0.4) is 0 Å². The minimum absolute atomic E-state index is 0.0499. The molecule has 0 radical (unpaired) electrons. The number of nitrogens with two attached hydrogens (primary N) is 1. The average molecular weight is 204 g/mol. The third-order valence-electron chi connectivity index (χ3n) is 2.24. The zero-order chi connectivity index (χ0) is 10.8. The topological polar surface area (TPSA) is 72.9 Å². The van der Waals surface area contributed by atoms with Gasteiger partial charge in [-0.15, -0.1) is 0 Å². The fraction of sp³-hybridized carbons (Fsp3) is 0.200. The van der Waals surface area contributed by atoms with Gasteiger partial charge in [-0.25, -0.2) is 4.98 Å². The van der Waals surface area contributed by atoms with Crippen molar-refractivity contribution in [2.24, 2.45) is 0 Å². The van der Waals surface area contributed by atoms with E-state index < -0.39 is 0 Å². The Labute approximate surface area is 86.9 Å². The number of aromatic nitrogens is 2. The van der Waals surface area contributed by atoms with Crippen LogP contribution in [-0.4, -0.2) is 22.5 Å². The molecule has 0 atom stereocenters. The Balaban J connectivity index is 2.41. The van der Waals surface area contributed by atoms with Gasteiger partial charge in [0, 0.05) is 12.7 Å². The minimum Gasteiger partial charge on any atom is -0.399 e. The van der Waals surface area contributed by atoms with Crippen LogP contribution in [0.5, 0.6) is 0 Å². The molecule has 1 aromatic heterocycles. The van der Waals surface area contributed by atoms with Crippen LogP contribution in [0, 0.1) is 0 Å². The van der Waals surface area contributed by atoms with Crippen molar-refractivity contribution < 1.29 is 4.79 Å². The predicted molar refractivity (Wildman–Crippen MR) is 58.2 cm³/mol. The van der Waals surface area contributed by atoms with Gasteiger partial charge in [-0.1, -0.05) is 0 Å². The number of hydrogen-bond acceptors (Lipinski definition) is 3. The van der Waals surface area contributed by atoms with E-state index in [4.69, 9.17) is 5.73 Å². The van der Waals surface area contributed by atoms with Crippen molar-refractivity contribution in [1.82, 2.24) is 14.9 Å². The highest BCUT2D eigenvalue weighted by molar-refractivity contribution is 5.82. The van der Waals surface area contributed by atoms with Crippen molar-refractivity contribution >= 4 is 22.6 Å². The molecule has 5 heteroatoms. The zero-order valence-electron chi connectivity index (χ0n) is 8.40. The maximum absolute atomic E-state index is 11.2. The summed E-state index contributed by atoms with van der Waals surface area (Å²) in [6, 6.07) is 5.45. The number of rotatable bonds is 2. The molecule has 15 heavy (non-hydrogen) atoms. The van der Waals surface area contributed by atoms with E-state index in [1.807, 2.05) is 6.07 Å². The van der Waals surface area contributed by atoms with Crippen molar-refractivity contribution in [1.29, 1.82) is 0 Å². The molecular weight excluding hydrogens is 192 g/mol. The third-order valence-corrected chi connectivity index (χ3v) is 2.24. The molecule has 1 heterocycles. The summed E-state index contributed by atoms with van der Waals surface area (Å²) in [6.07, 6.45) is 1.64. The Morgan fingerprint density at radius 2 is 2.40 bits per heavy atom. The number of carbonyl (C=O) groups excluding carboxylic acids is 1. The molecule has 0 aliphatic carbocycles. The number of hydrogen-bond donors (Lipinski definition) is 2. The van der Waals surface area contributed by atoms with Gasteiger partial charge in [0.2, 0.25) is 5.91 Å². The Hall–Kier alpha value is -2.04. The lowest BCUT2D eigenvalue weighted by atomic mass is 10.3. The number of carbonyl (C=O) groups is 1. The second-order valence-electron chi connectivity index (χ2n) is 3.29. The van der Waals surface area contributed by atoms with Crippen LogP contribution in [0.1, 0.15) is 0 Å². The molecule has 2 aromatic rings. The molecular formula is C10H12N4O. The van der Waals surface area contributed by atoms with Gasteiger partial charge < -0.3 is 15.6 Å².